The van der Waals surface area contributed by atoms with Crippen molar-refractivity contribution >= 4 is 21.7 Å². The van der Waals surface area contributed by atoms with Gasteiger partial charge < -0.3 is 4.74 Å². The first-order chi connectivity index (χ1) is 8.99. The fourth-order valence-electron chi connectivity index (χ4n) is 2.36. The number of alkyl halides is 1. The summed E-state index contributed by atoms with van der Waals surface area (Å²) in [5, 5.41) is 0. The number of benzene rings is 1. The van der Waals surface area contributed by atoms with E-state index in [9.17, 15) is 4.79 Å². The molecule has 2 atom stereocenters. The summed E-state index contributed by atoms with van der Waals surface area (Å²) in [5.41, 5.74) is 2.44. The summed E-state index contributed by atoms with van der Waals surface area (Å²) in [4.78, 5) is 12.4. The first kappa shape index (κ1) is 14.2. The third kappa shape index (κ3) is 2.58. The lowest BCUT2D eigenvalue weighted by Crippen LogP contribution is -2.35. The summed E-state index contributed by atoms with van der Waals surface area (Å²) in [6.45, 7) is 4.01. The van der Waals surface area contributed by atoms with Crippen LogP contribution in [0.5, 0.6) is 0 Å². The van der Waals surface area contributed by atoms with E-state index in [2.05, 4.69) is 15.9 Å². The minimum atomic E-state index is -0.506. The Kier molecular flexibility index (Phi) is 4.07. The van der Waals surface area contributed by atoms with Crippen LogP contribution in [0.15, 0.2) is 53.6 Å². The van der Waals surface area contributed by atoms with Crippen molar-refractivity contribution in [2.75, 3.05) is 7.11 Å². The lowest BCUT2D eigenvalue weighted by Gasteiger charge is -2.35. The van der Waals surface area contributed by atoms with Gasteiger partial charge in [0.25, 0.3) is 0 Å². The Balaban J connectivity index is 2.34. The number of methoxy groups -OCH3 is 1. The first-order valence-electron chi connectivity index (χ1n) is 6.23. The van der Waals surface area contributed by atoms with Crippen LogP contribution in [0.3, 0.4) is 0 Å². The van der Waals surface area contributed by atoms with Crippen LogP contribution < -0.4 is 0 Å². The summed E-state index contributed by atoms with van der Waals surface area (Å²) in [7, 11) is 1.67. The van der Waals surface area contributed by atoms with Crippen LogP contribution in [-0.2, 0) is 4.74 Å². The Labute approximate surface area is 122 Å². The van der Waals surface area contributed by atoms with Crippen molar-refractivity contribution in [3.8, 4) is 0 Å². The highest BCUT2D eigenvalue weighted by Crippen LogP contribution is 2.41. The van der Waals surface area contributed by atoms with Crippen molar-refractivity contribution in [3.63, 3.8) is 0 Å². The monoisotopic (exact) mass is 320 g/mol. The van der Waals surface area contributed by atoms with Gasteiger partial charge >= 0.3 is 0 Å². The molecule has 100 valence electrons. The molecular formula is C16H17BrO2. The number of halogens is 1. The van der Waals surface area contributed by atoms with Gasteiger partial charge in [0.05, 0.1) is 0 Å². The normalized spacial score (nSPS) is 26.6. The quantitative estimate of drug-likeness (QED) is 0.618. The molecule has 3 heteroatoms. The van der Waals surface area contributed by atoms with Crippen LogP contribution in [0, 0.1) is 5.92 Å². The Hall–Kier alpha value is -1.19. The highest BCUT2D eigenvalue weighted by Gasteiger charge is 2.37. The second-order valence-electron chi connectivity index (χ2n) is 4.78. The highest BCUT2D eigenvalue weighted by atomic mass is 79.9. The molecule has 2 unspecified atom stereocenters. The Morgan fingerprint density at radius 3 is 2.47 bits per heavy atom. The van der Waals surface area contributed by atoms with Crippen LogP contribution in [0.4, 0.5) is 0 Å². The fourth-order valence-corrected chi connectivity index (χ4v) is 2.61. The van der Waals surface area contributed by atoms with Gasteiger partial charge in [-0.3, -0.25) is 4.79 Å². The average molecular weight is 321 g/mol. The van der Waals surface area contributed by atoms with Gasteiger partial charge in [-0.1, -0.05) is 43.3 Å². The molecule has 0 N–H and O–H groups in total. The van der Waals surface area contributed by atoms with Crippen LogP contribution in [0.2, 0.25) is 0 Å². The van der Waals surface area contributed by atoms with Gasteiger partial charge in [0, 0.05) is 24.2 Å². The SMILES string of the molecule is COC1(Br)C(C)=CC(C(=O)c2ccccc2)=CC1C. The van der Waals surface area contributed by atoms with Crippen molar-refractivity contribution in [1.29, 1.82) is 0 Å². The van der Waals surface area contributed by atoms with Crippen molar-refractivity contribution in [1.82, 2.24) is 0 Å². The molecule has 0 spiro atoms. The predicted octanol–water partition coefficient (Wildman–Crippen LogP) is 4.13. The fraction of sp³-hybridized carbons (Fsp3) is 0.312. The van der Waals surface area contributed by atoms with Crippen molar-refractivity contribution in [2.24, 2.45) is 5.92 Å². The minimum Gasteiger partial charge on any atom is -0.362 e. The maximum Gasteiger partial charge on any atom is 0.192 e. The summed E-state index contributed by atoms with van der Waals surface area (Å²) in [6, 6.07) is 9.33. The molecule has 1 aromatic carbocycles. The zero-order valence-corrected chi connectivity index (χ0v) is 12.9. The van der Waals surface area contributed by atoms with Gasteiger partial charge in [0.1, 0.15) is 4.51 Å². The smallest absolute Gasteiger partial charge is 0.192 e. The standard InChI is InChI=1S/C16H17BrO2/c1-11-9-14(10-12(2)16(11,17)19-3)15(18)13-7-5-4-6-8-13/h4-11H,1-3H3. The van der Waals surface area contributed by atoms with E-state index in [1.165, 1.54) is 0 Å². The van der Waals surface area contributed by atoms with E-state index in [-0.39, 0.29) is 11.7 Å². The number of Topliss-reactive ketones (excluding diaryl/α,β-unsaturated/α-hetero) is 1. The molecule has 0 saturated carbocycles. The molecule has 2 nitrogen and oxygen atoms in total. The number of ether oxygens (including phenoxy) is 1. The number of ketones is 1. The second kappa shape index (κ2) is 5.43. The van der Waals surface area contributed by atoms with E-state index in [1.807, 2.05) is 56.3 Å². The van der Waals surface area contributed by atoms with E-state index >= 15 is 0 Å². The summed E-state index contributed by atoms with van der Waals surface area (Å²) < 4.78 is 5.02. The maximum atomic E-state index is 12.4. The molecule has 0 aliphatic heterocycles. The van der Waals surface area contributed by atoms with Crippen LogP contribution in [-0.4, -0.2) is 17.4 Å². The minimum absolute atomic E-state index is 0.0532. The molecule has 0 aromatic heterocycles. The van der Waals surface area contributed by atoms with Crippen LogP contribution >= 0.6 is 15.9 Å². The van der Waals surface area contributed by atoms with E-state index < -0.39 is 4.51 Å². The molecule has 1 aliphatic rings. The molecule has 0 amide bonds. The second-order valence-corrected chi connectivity index (χ2v) is 5.96. The molecule has 19 heavy (non-hydrogen) atoms. The van der Waals surface area contributed by atoms with Gasteiger partial charge in [0.2, 0.25) is 0 Å². The van der Waals surface area contributed by atoms with Crippen LogP contribution in [0.25, 0.3) is 0 Å². The zero-order chi connectivity index (χ0) is 14.0. The number of carbonyl (C=O) groups excluding carboxylic acids is 1. The summed E-state index contributed by atoms with van der Waals surface area (Å²) in [6.07, 6.45) is 3.86. The lowest BCUT2D eigenvalue weighted by atomic mass is 9.86. The van der Waals surface area contributed by atoms with E-state index in [4.69, 9.17) is 4.74 Å². The molecule has 1 aromatic rings. The highest BCUT2D eigenvalue weighted by molar-refractivity contribution is 9.10. The number of rotatable bonds is 3. The number of carbonyl (C=O) groups is 1. The summed E-state index contributed by atoms with van der Waals surface area (Å²) in [5.74, 6) is 0.141. The van der Waals surface area contributed by atoms with Gasteiger partial charge in [0.15, 0.2) is 5.78 Å². The van der Waals surface area contributed by atoms with E-state index in [0.717, 1.165) is 11.1 Å². The number of allylic oxidation sites excluding steroid dienone is 2. The largest absolute Gasteiger partial charge is 0.362 e. The van der Waals surface area contributed by atoms with Gasteiger partial charge in [-0.05, 0) is 34.5 Å². The molecular weight excluding hydrogens is 304 g/mol. The Bertz CT molecular complexity index is 545. The molecule has 1 aliphatic carbocycles. The Morgan fingerprint density at radius 1 is 1.32 bits per heavy atom. The average Bonchev–Trinajstić information content (AvgIpc) is 2.44. The number of hydrogen-bond donors (Lipinski definition) is 0. The molecule has 0 saturated heterocycles. The van der Waals surface area contributed by atoms with Gasteiger partial charge in [-0.2, -0.15) is 0 Å². The van der Waals surface area contributed by atoms with Crippen molar-refractivity contribution in [2.45, 2.75) is 18.4 Å². The topological polar surface area (TPSA) is 26.3 Å². The number of hydrogen-bond acceptors (Lipinski definition) is 2. The van der Waals surface area contributed by atoms with Crippen molar-refractivity contribution < 1.29 is 9.53 Å². The molecule has 0 bridgehead atoms. The maximum absolute atomic E-state index is 12.4. The zero-order valence-electron chi connectivity index (χ0n) is 11.3. The predicted molar refractivity (Wildman–Crippen MR) is 80.4 cm³/mol. The first-order valence-corrected chi connectivity index (χ1v) is 7.02. The summed E-state index contributed by atoms with van der Waals surface area (Å²) >= 11 is 3.61. The third-order valence-electron chi connectivity index (χ3n) is 3.52. The van der Waals surface area contributed by atoms with E-state index in [1.54, 1.807) is 7.11 Å². The van der Waals surface area contributed by atoms with Gasteiger partial charge in [-0.15, -0.1) is 0 Å². The molecule has 0 radical (unpaired) electrons. The van der Waals surface area contributed by atoms with Crippen LogP contribution in [0.1, 0.15) is 24.2 Å². The third-order valence-corrected chi connectivity index (χ3v) is 5.19. The molecule has 0 fully saturated rings. The Morgan fingerprint density at radius 2 is 1.95 bits per heavy atom. The van der Waals surface area contributed by atoms with Crippen molar-refractivity contribution in [3.05, 3.63) is 59.2 Å². The lowest BCUT2D eigenvalue weighted by molar-refractivity contribution is 0.0765. The van der Waals surface area contributed by atoms with E-state index in [0.29, 0.717) is 5.56 Å². The molecule has 2 rings (SSSR count). The molecule has 0 heterocycles. The van der Waals surface area contributed by atoms with Gasteiger partial charge in [-0.25, -0.2) is 0 Å².